The third kappa shape index (κ3) is 4.22. The molecule has 0 N–H and O–H groups in total. The second-order valence-corrected chi connectivity index (χ2v) is 9.06. The topological polar surface area (TPSA) is 88.3 Å². The Hall–Kier alpha value is -4.11. The minimum atomic E-state index is -0.732. The molecule has 36 heavy (non-hydrogen) atoms. The molecule has 8 nitrogen and oxygen atoms in total. The van der Waals surface area contributed by atoms with Crippen LogP contribution in [0.15, 0.2) is 76.2 Å². The van der Waals surface area contributed by atoms with E-state index in [0.29, 0.717) is 50.0 Å². The lowest BCUT2D eigenvalue weighted by atomic mass is 9.95. The molecular weight excluding hydrogens is 480 g/mol. The van der Waals surface area contributed by atoms with Gasteiger partial charge in [0.05, 0.1) is 28.5 Å². The predicted octanol–water partition coefficient (Wildman–Crippen LogP) is 3.09. The minimum absolute atomic E-state index is 0.120. The average molecular weight is 505 g/mol. The summed E-state index contributed by atoms with van der Waals surface area (Å²) in [4.78, 5) is 31.9. The number of esters is 1. The second-order valence-electron chi connectivity index (χ2n) is 8.05. The van der Waals surface area contributed by atoms with E-state index in [9.17, 15) is 9.59 Å². The molecule has 3 heterocycles. The van der Waals surface area contributed by atoms with Crippen LogP contribution in [0.1, 0.15) is 31.0 Å². The van der Waals surface area contributed by atoms with Crippen LogP contribution in [0.25, 0.3) is 6.08 Å². The largest absolute Gasteiger partial charge is 0.489 e. The Kier molecular flexibility index (Phi) is 6.47. The van der Waals surface area contributed by atoms with Crippen LogP contribution in [-0.2, 0) is 9.53 Å². The van der Waals surface area contributed by atoms with E-state index in [1.165, 1.54) is 11.3 Å². The lowest BCUT2D eigenvalue weighted by Crippen LogP contribution is -2.39. The van der Waals surface area contributed by atoms with Gasteiger partial charge < -0.3 is 18.9 Å². The van der Waals surface area contributed by atoms with Gasteiger partial charge in [-0.2, -0.15) is 0 Å². The number of carbonyl (C=O) groups excluding carboxylic acids is 1. The third-order valence-electron chi connectivity index (χ3n) is 5.79. The van der Waals surface area contributed by atoms with Gasteiger partial charge >= 0.3 is 5.97 Å². The van der Waals surface area contributed by atoms with Gasteiger partial charge in [0.2, 0.25) is 6.79 Å². The van der Waals surface area contributed by atoms with Crippen molar-refractivity contribution in [3.8, 4) is 17.2 Å². The molecule has 184 valence electrons. The summed E-state index contributed by atoms with van der Waals surface area (Å²) in [7, 11) is 0. The molecule has 9 heteroatoms. The molecular formula is C27H24N2O6S. The average Bonchev–Trinajstić information content (AvgIpc) is 3.46. The van der Waals surface area contributed by atoms with Crippen LogP contribution in [0.2, 0.25) is 0 Å². The summed E-state index contributed by atoms with van der Waals surface area (Å²) >= 11 is 1.25. The van der Waals surface area contributed by atoms with Gasteiger partial charge in [-0.05, 0) is 43.7 Å². The summed E-state index contributed by atoms with van der Waals surface area (Å²) in [5, 5.41) is 0. The lowest BCUT2D eigenvalue weighted by Gasteiger charge is -2.24. The van der Waals surface area contributed by atoms with Gasteiger partial charge in [0.15, 0.2) is 16.3 Å². The molecule has 0 unspecified atom stereocenters. The molecule has 0 saturated heterocycles. The van der Waals surface area contributed by atoms with E-state index in [2.05, 4.69) is 11.6 Å². The predicted molar refractivity (Wildman–Crippen MR) is 135 cm³/mol. The fourth-order valence-electron chi connectivity index (χ4n) is 4.21. The van der Waals surface area contributed by atoms with Crippen molar-refractivity contribution in [3.05, 3.63) is 97.2 Å². The molecule has 5 rings (SSSR count). The van der Waals surface area contributed by atoms with Gasteiger partial charge in [-0.3, -0.25) is 9.36 Å². The van der Waals surface area contributed by atoms with Crippen LogP contribution < -0.4 is 29.1 Å². The van der Waals surface area contributed by atoms with Crippen molar-refractivity contribution in [1.82, 2.24) is 4.57 Å². The highest BCUT2D eigenvalue weighted by atomic mass is 32.1. The number of carbonyl (C=O) groups is 1. The van der Waals surface area contributed by atoms with Crippen molar-refractivity contribution >= 4 is 23.4 Å². The molecule has 2 aliphatic rings. The highest BCUT2D eigenvalue weighted by Gasteiger charge is 2.34. The fraction of sp³-hybridized carbons (Fsp3) is 0.222. The smallest absolute Gasteiger partial charge is 0.338 e. The van der Waals surface area contributed by atoms with Gasteiger partial charge in [-0.1, -0.05) is 48.3 Å². The number of aromatic nitrogens is 1. The van der Waals surface area contributed by atoms with Gasteiger partial charge in [0.25, 0.3) is 5.56 Å². The van der Waals surface area contributed by atoms with Crippen LogP contribution in [0.5, 0.6) is 17.2 Å². The summed E-state index contributed by atoms with van der Waals surface area (Å²) in [6, 6.07) is 12.1. The number of hydrogen-bond acceptors (Lipinski definition) is 8. The molecule has 0 saturated carbocycles. The second kappa shape index (κ2) is 9.87. The molecule has 0 radical (unpaired) electrons. The summed E-state index contributed by atoms with van der Waals surface area (Å²) in [5.74, 6) is 1.29. The zero-order chi connectivity index (χ0) is 25.2. The number of ether oxygens (including phenoxy) is 4. The fourth-order valence-corrected chi connectivity index (χ4v) is 5.25. The van der Waals surface area contributed by atoms with E-state index < -0.39 is 12.0 Å². The van der Waals surface area contributed by atoms with E-state index in [4.69, 9.17) is 18.9 Å². The molecule has 0 bridgehead atoms. The Morgan fingerprint density at radius 3 is 2.86 bits per heavy atom. The summed E-state index contributed by atoms with van der Waals surface area (Å²) in [5.41, 5.74) is 1.99. The highest BCUT2D eigenvalue weighted by Crippen LogP contribution is 2.38. The van der Waals surface area contributed by atoms with Crippen LogP contribution in [-0.4, -0.2) is 30.5 Å². The Morgan fingerprint density at radius 1 is 1.25 bits per heavy atom. The van der Waals surface area contributed by atoms with Gasteiger partial charge in [-0.25, -0.2) is 9.79 Å². The summed E-state index contributed by atoms with van der Waals surface area (Å²) in [6.45, 7) is 7.85. The van der Waals surface area contributed by atoms with Crippen LogP contribution in [0.4, 0.5) is 0 Å². The highest BCUT2D eigenvalue weighted by molar-refractivity contribution is 7.07. The van der Waals surface area contributed by atoms with Crippen molar-refractivity contribution < 1.29 is 23.7 Å². The zero-order valence-electron chi connectivity index (χ0n) is 19.9. The Balaban J connectivity index is 1.70. The first kappa shape index (κ1) is 23.6. The monoisotopic (exact) mass is 504 g/mol. The number of para-hydroxylation sites is 1. The van der Waals surface area contributed by atoms with Gasteiger partial charge in [0, 0.05) is 5.56 Å². The number of nitrogens with zero attached hydrogens (tertiary/aromatic N) is 2. The molecule has 2 aromatic carbocycles. The number of fused-ring (bicyclic) bond motifs is 2. The maximum Gasteiger partial charge on any atom is 0.338 e. The number of allylic oxidation sites excluding steroid dienone is 1. The Morgan fingerprint density at radius 2 is 2.06 bits per heavy atom. The van der Waals surface area contributed by atoms with E-state index in [-0.39, 0.29) is 19.0 Å². The molecule has 2 aliphatic heterocycles. The number of hydrogen-bond donors (Lipinski definition) is 0. The number of thiazole rings is 1. The standard InChI is InChI=1S/C27H24N2O6S/c1-4-12-33-19-9-7-6-8-17(19)14-22-25(30)29-24(18-10-11-20-21(13-18)35-15-34-20)23(26(31)32-5-2)16(3)28-27(29)36-22/h4,6-11,13-14,24H,1,5,12,15H2,2-3H3/b22-14-/t24-/m0/s1. The van der Waals surface area contributed by atoms with Crippen LogP contribution in [0.3, 0.4) is 0 Å². The third-order valence-corrected chi connectivity index (χ3v) is 6.77. The SMILES string of the molecule is C=CCOc1ccccc1/C=c1\sc2n(c1=O)[C@@H](c1ccc3c(c1)OCO3)C(C(=O)OCC)=C(C)N=2. The molecule has 0 fully saturated rings. The van der Waals surface area contributed by atoms with Crippen molar-refractivity contribution in [2.45, 2.75) is 19.9 Å². The first-order valence-electron chi connectivity index (χ1n) is 11.4. The quantitative estimate of drug-likeness (QED) is 0.363. The first-order valence-corrected chi connectivity index (χ1v) is 12.3. The molecule has 0 spiro atoms. The van der Waals surface area contributed by atoms with Crippen molar-refractivity contribution in [1.29, 1.82) is 0 Å². The zero-order valence-corrected chi connectivity index (χ0v) is 20.7. The van der Waals surface area contributed by atoms with Crippen LogP contribution in [0, 0.1) is 0 Å². The van der Waals surface area contributed by atoms with E-state index in [1.54, 1.807) is 42.7 Å². The summed E-state index contributed by atoms with van der Waals surface area (Å²) < 4.78 is 24.1. The molecule has 0 amide bonds. The first-order chi connectivity index (χ1) is 17.5. The molecule has 0 aliphatic carbocycles. The van der Waals surface area contributed by atoms with Gasteiger partial charge in [-0.15, -0.1) is 0 Å². The molecule has 1 atom stereocenters. The maximum atomic E-state index is 13.8. The van der Waals surface area contributed by atoms with Crippen LogP contribution >= 0.6 is 11.3 Å². The number of benzene rings is 2. The molecule has 3 aromatic rings. The molecule has 1 aromatic heterocycles. The van der Waals surface area contributed by atoms with E-state index in [0.717, 1.165) is 5.56 Å². The Labute approximate surface area is 211 Å². The Bertz CT molecular complexity index is 1570. The maximum absolute atomic E-state index is 13.8. The van der Waals surface area contributed by atoms with Crippen molar-refractivity contribution in [3.63, 3.8) is 0 Å². The minimum Gasteiger partial charge on any atom is -0.489 e. The number of rotatable bonds is 7. The van der Waals surface area contributed by atoms with E-state index >= 15 is 0 Å². The van der Waals surface area contributed by atoms with E-state index in [1.807, 2.05) is 30.3 Å². The summed E-state index contributed by atoms with van der Waals surface area (Å²) in [6.07, 6.45) is 3.44. The van der Waals surface area contributed by atoms with Crippen molar-refractivity contribution in [2.24, 2.45) is 4.99 Å². The van der Waals surface area contributed by atoms with Gasteiger partial charge in [0.1, 0.15) is 12.4 Å². The normalized spacial score (nSPS) is 16.4. The van der Waals surface area contributed by atoms with Crippen molar-refractivity contribution in [2.75, 3.05) is 20.0 Å². The lowest BCUT2D eigenvalue weighted by molar-refractivity contribution is -0.139.